The summed E-state index contributed by atoms with van der Waals surface area (Å²) < 4.78 is 15.2. The summed E-state index contributed by atoms with van der Waals surface area (Å²) in [6, 6.07) is 10.8. The van der Waals surface area contributed by atoms with Gasteiger partial charge in [-0.3, -0.25) is 4.99 Å². The normalized spacial score (nSPS) is 11.8. The molecule has 0 radical (unpaired) electrons. The van der Waals surface area contributed by atoms with Crippen LogP contribution in [0.4, 0.5) is 4.39 Å². The second-order valence-corrected chi connectivity index (χ2v) is 7.47. The average molecular weight is 420 g/mol. The van der Waals surface area contributed by atoms with E-state index in [9.17, 15) is 4.39 Å². The molecule has 8 heteroatoms. The Morgan fingerprint density at radius 1 is 1.16 bits per heavy atom. The molecule has 0 unspecified atom stereocenters. The number of benzene rings is 1. The lowest BCUT2D eigenvalue weighted by molar-refractivity contribution is 0.629. The number of H-pyrrole nitrogens is 1. The van der Waals surface area contributed by atoms with Gasteiger partial charge in [0.25, 0.3) is 0 Å². The molecule has 0 atom stereocenters. The van der Waals surface area contributed by atoms with Gasteiger partial charge in [-0.25, -0.2) is 14.1 Å². The summed E-state index contributed by atoms with van der Waals surface area (Å²) >= 11 is 0. The van der Waals surface area contributed by atoms with Gasteiger partial charge in [-0.15, -0.1) is 0 Å². The van der Waals surface area contributed by atoms with Crippen LogP contribution >= 0.6 is 0 Å². The molecule has 0 aliphatic heterocycles. The minimum Gasteiger partial charge on any atom is -0.361 e. The van der Waals surface area contributed by atoms with E-state index in [0.29, 0.717) is 19.0 Å². The molecule has 4 aromatic rings. The summed E-state index contributed by atoms with van der Waals surface area (Å²) in [4.78, 5) is 11.9. The van der Waals surface area contributed by atoms with Crippen molar-refractivity contribution in [3.05, 3.63) is 77.1 Å². The molecule has 0 bridgehead atoms. The average Bonchev–Trinajstić information content (AvgIpc) is 3.32. The van der Waals surface area contributed by atoms with Gasteiger partial charge < -0.3 is 15.6 Å². The Labute approximate surface area is 180 Å². The molecule has 7 nitrogen and oxygen atoms in total. The van der Waals surface area contributed by atoms with Crippen molar-refractivity contribution < 1.29 is 4.39 Å². The number of aromatic amines is 1. The quantitative estimate of drug-likeness (QED) is 0.330. The molecule has 3 heterocycles. The first-order valence-electron chi connectivity index (χ1n) is 10.2. The van der Waals surface area contributed by atoms with E-state index in [1.165, 1.54) is 12.1 Å². The summed E-state index contributed by atoms with van der Waals surface area (Å²) in [5.41, 5.74) is 5.03. The van der Waals surface area contributed by atoms with Gasteiger partial charge >= 0.3 is 0 Å². The minimum absolute atomic E-state index is 0.235. The molecule has 0 aliphatic carbocycles. The molecular formula is C23H26FN7. The van der Waals surface area contributed by atoms with Crippen LogP contribution in [0.1, 0.15) is 22.5 Å². The van der Waals surface area contributed by atoms with E-state index >= 15 is 0 Å². The third kappa shape index (κ3) is 4.74. The van der Waals surface area contributed by atoms with Crippen molar-refractivity contribution in [1.82, 2.24) is 30.4 Å². The number of guanidine groups is 1. The van der Waals surface area contributed by atoms with Crippen LogP contribution in [0.3, 0.4) is 0 Å². The lowest BCUT2D eigenvalue weighted by Gasteiger charge is -2.12. The highest BCUT2D eigenvalue weighted by molar-refractivity contribution is 5.83. The second kappa shape index (κ2) is 8.99. The van der Waals surface area contributed by atoms with E-state index in [1.54, 1.807) is 7.05 Å². The molecule has 3 aromatic heterocycles. The van der Waals surface area contributed by atoms with Gasteiger partial charge in [0.05, 0.1) is 5.69 Å². The fourth-order valence-electron chi connectivity index (χ4n) is 3.59. The first-order chi connectivity index (χ1) is 15.0. The smallest absolute Gasteiger partial charge is 0.191 e. The Morgan fingerprint density at radius 3 is 2.74 bits per heavy atom. The number of hydrogen-bond donors (Lipinski definition) is 3. The fourth-order valence-corrected chi connectivity index (χ4v) is 3.59. The molecule has 31 heavy (non-hydrogen) atoms. The van der Waals surface area contributed by atoms with Gasteiger partial charge in [0.15, 0.2) is 11.8 Å². The summed E-state index contributed by atoms with van der Waals surface area (Å²) in [5.74, 6) is 1.28. The zero-order valence-corrected chi connectivity index (χ0v) is 17.9. The Kier molecular flexibility index (Phi) is 5.97. The monoisotopic (exact) mass is 419 g/mol. The Morgan fingerprint density at radius 2 is 2.03 bits per heavy atom. The fraction of sp³-hybridized carbons (Fsp3) is 0.261. The molecule has 0 spiro atoms. The first kappa shape index (κ1) is 20.6. The number of pyridine rings is 1. The predicted octanol–water partition coefficient (Wildman–Crippen LogP) is 3.41. The highest BCUT2D eigenvalue weighted by Crippen LogP contribution is 2.19. The molecule has 0 saturated carbocycles. The van der Waals surface area contributed by atoms with Crippen LogP contribution in [-0.4, -0.2) is 39.3 Å². The highest BCUT2D eigenvalue weighted by Gasteiger charge is 2.07. The number of fused-ring (bicyclic) bond motifs is 1. The van der Waals surface area contributed by atoms with E-state index in [1.807, 2.05) is 55.2 Å². The van der Waals surface area contributed by atoms with Crippen LogP contribution in [0.25, 0.3) is 16.7 Å². The molecule has 3 N–H and O–H groups in total. The van der Waals surface area contributed by atoms with Crippen molar-refractivity contribution in [2.45, 2.75) is 26.8 Å². The van der Waals surface area contributed by atoms with Crippen LogP contribution in [-0.2, 0) is 13.0 Å². The number of nitrogens with zero attached hydrogens (tertiary/aromatic N) is 4. The van der Waals surface area contributed by atoms with Crippen molar-refractivity contribution >= 4 is 16.9 Å². The summed E-state index contributed by atoms with van der Waals surface area (Å²) in [6.07, 6.45) is 4.57. The predicted molar refractivity (Wildman–Crippen MR) is 121 cm³/mol. The number of aromatic nitrogens is 4. The van der Waals surface area contributed by atoms with Crippen molar-refractivity contribution in [3.63, 3.8) is 0 Å². The van der Waals surface area contributed by atoms with Crippen molar-refractivity contribution in [2.24, 2.45) is 4.99 Å². The van der Waals surface area contributed by atoms with Gasteiger partial charge in [-0.05, 0) is 61.7 Å². The molecular weight excluding hydrogens is 393 g/mol. The van der Waals surface area contributed by atoms with Gasteiger partial charge in [0.2, 0.25) is 0 Å². The number of aliphatic imine (C=N–C) groups is 1. The number of hydrogen-bond acceptors (Lipinski definition) is 3. The molecule has 4 rings (SSSR count). The van der Waals surface area contributed by atoms with Crippen LogP contribution in [0.2, 0.25) is 0 Å². The van der Waals surface area contributed by atoms with Crippen molar-refractivity contribution in [3.8, 4) is 5.82 Å². The maximum atomic E-state index is 13.3. The first-order valence-corrected chi connectivity index (χ1v) is 10.2. The van der Waals surface area contributed by atoms with Crippen molar-refractivity contribution in [1.29, 1.82) is 0 Å². The van der Waals surface area contributed by atoms with Crippen LogP contribution in [0, 0.1) is 19.7 Å². The Bertz CT molecular complexity index is 1200. The number of rotatable bonds is 6. The lowest BCUT2D eigenvalue weighted by Crippen LogP contribution is -2.37. The third-order valence-electron chi connectivity index (χ3n) is 5.14. The zero-order chi connectivity index (χ0) is 21.8. The zero-order valence-electron chi connectivity index (χ0n) is 17.9. The molecule has 0 saturated heterocycles. The molecule has 1 aromatic carbocycles. The molecule has 0 fully saturated rings. The van der Waals surface area contributed by atoms with E-state index in [0.717, 1.165) is 45.7 Å². The van der Waals surface area contributed by atoms with Crippen molar-refractivity contribution in [2.75, 3.05) is 13.6 Å². The molecule has 0 aliphatic rings. The number of nitrogens with one attached hydrogen (secondary N) is 3. The maximum Gasteiger partial charge on any atom is 0.191 e. The molecule has 160 valence electrons. The lowest BCUT2D eigenvalue weighted by atomic mass is 10.1. The third-order valence-corrected chi connectivity index (χ3v) is 5.14. The van der Waals surface area contributed by atoms with Crippen LogP contribution < -0.4 is 10.6 Å². The Hall–Kier alpha value is -3.68. The highest BCUT2D eigenvalue weighted by atomic mass is 19.1. The number of halogens is 1. The van der Waals surface area contributed by atoms with Gasteiger partial charge in [-0.2, -0.15) is 5.10 Å². The van der Waals surface area contributed by atoms with Gasteiger partial charge in [-0.1, -0.05) is 6.07 Å². The second-order valence-electron chi connectivity index (χ2n) is 7.47. The SMILES string of the molecule is CN=C(NCCc1c[nH]c2cc(F)ccc12)NCc1ccc(-n2nc(C)cc2C)nc1. The van der Waals surface area contributed by atoms with Crippen LogP contribution in [0.5, 0.6) is 0 Å². The maximum absolute atomic E-state index is 13.3. The minimum atomic E-state index is -0.235. The Balaban J connectivity index is 1.30. The summed E-state index contributed by atoms with van der Waals surface area (Å²) in [7, 11) is 1.74. The largest absolute Gasteiger partial charge is 0.361 e. The standard InChI is InChI=1S/C23H26FN7/c1-15-10-16(2)31(30-15)22-7-4-17(12-28-22)13-29-23(25-3)26-9-8-18-14-27-21-11-19(24)5-6-20(18)21/h4-7,10-12,14,27H,8-9,13H2,1-3H3,(H2,25,26,29). The topological polar surface area (TPSA) is 82.9 Å². The van der Waals surface area contributed by atoms with Gasteiger partial charge in [0.1, 0.15) is 5.82 Å². The van der Waals surface area contributed by atoms with Crippen LogP contribution in [0.15, 0.2) is 53.8 Å². The van der Waals surface area contributed by atoms with E-state index in [4.69, 9.17) is 0 Å². The number of aryl methyl sites for hydroxylation is 2. The van der Waals surface area contributed by atoms with E-state index in [-0.39, 0.29) is 5.82 Å². The summed E-state index contributed by atoms with van der Waals surface area (Å²) in [6.45, 7) is 5.30. The summed E-state index contributed by atoms with van der Waals surface area (Å²) in [5, 5.41) is 12.1. The van der Waals surface area contributed by atoms with E-state index < -0.39 is 0 Å². The van der Waals surface area contributed by atoms with E-state index in [2.05, 4.69) is 30.7 Å². The molecule has 0 amide bonds. The van der Waals surface area contributed by atoms with Gasteiger partial charge in [0, 0.05) is 49.1 Å².